The fraction of sp³-hybridized carbons (Fsp3) is 0.286. The fourth-order valence-corrected chi connectivity index (χ4v) is 5.46. The minimum absolute atomic E-state index is 0.180. The summed E-state index contributed by atoms with van der Waals surface area (Å²) in [6, 6.07) is 15.0. The zero-order valence-corrected chi connectivity index (χ0v) is 21.6. The van der Waals surface area contributed by atoms with E-state index in [0.717, 1.165) is 49.1 Å². The number of nitrogens with zero attached hydrogens (tertiary/aromatic N) is 2. The smallest absolute Gasteiger partial charge is 0.351 e. The summed E-state index contributed by atoms with van der Waals surface area (Å²) in [5, 5.41) is 8.73. The molecular weight excluding hydrogens is 527 g/mol. The lowest BCUT2D eigenvalue weighted by Gasteiger charge is -2.30. The Bertz CT molecular complexity index is 1400. The summed E-state index contributed by atoms with van der Waals surface area (Å²) in [7, 11) is 0. The molecule has 1 aliphatic carbocycles. The number of thioether (sulfide) groups is 1. The van der Waals surface area contributed by atoms with Crippen molar-refractivity contribution >= 4 is 34.9 Å². The van der Waals surface area contributed by atoms with Gasteiger partial charge in [-0.15, -0.1) is 0 Å². The molecule has 2 aromatic carbocycles. The Hall–Kier alpha value is -3.70. The number of hydrogen-bond acceptors (Lipinski definition) is 7. The highest BCUT2D eigenvalue weighted by molar-refractivity contribution is 8.18. The molecule has 1 saturated heterocycles. The highest BCUT2D eigenvalue weighted by Crippen LogP contribution is 2.37. The first-order valence-corrected chi connectivity index (χ1v) is 13.4. The number of carbonyl (C=O) groups excluding carboxylic acids is 2. The summed E-state index contributed by atoms with van der Waals surface area (Å²) in [5.74, 6) is 0.0354. The van der Waals surface area contributed by atoms with Gasteiger partial charge in [-0.3, -0.25) is 14.9 Å². The molecule has 1 aliphatic heterocycles. The normalized spacial score (nSPS) is 20.7. The monoisotopic (exact) mass is 553 g/mol. The van der Waals surface area contributed by atoms with E-state index >= 15 is 0 Å². The number of benzene rings is 2. The van der Waals surface area contributed by atoms with Gasteiger partial charge in [-0.05, 0) is 78.4 Å². The number of carbonyl (C=O) groups is 2. The van der Waals surface area contributed by atoms with Gasteiger partial charge >= 0.3 is 6.18 Å². The summed E-state index contributed by atoms with van der Waals surface area (Å²) in [5.41, 5.74) is 1.56. The lowest BCUT2D eigenvalue weighted by Crippen LogP contribution is -2.36. The molecule has 0 radical (unpaired) electrons. The quantitative estimate of drug-likeness (QED) is 0.309. The van der Waals surface area contributed by atoms with Crippen molar-refractivity contribution in [2.24, 2.45) is 0 Å². The molecule has 2 amide bonds. The van der Waals surface area contributed by atoms with E-state index in [0.29, 0.717) is 34.7 Å². The molecule has 2 fully saturated rings. The van der Waals surface area contributed by atoms with Crippen LogP contribution in [0, 0.1) is 0 Å². The number of imide groups is 1. The Morgan fingerprint density at radius 1 is 1.00 bits per heavy atom. The first-order valence-electron chi connectivity index (χ1n) is 12.6. The Morgan fingerprint density at radius 2 is 1.77 bits per heavy atom. The Balaban J connectivity index is 1.14. The predicted octanol–water partition coefficient (Wildman–Crippen LogP) is 6.00. The number of nitrogens with one attached hydrogen (secondary N) is 3. The number of halogens is 3. The number of rotatable bonds is 7. The molecule has 3 aromatic rings. The van der Waals surface area contributed by atoms with Gasteiger partial charge in [-0.1, -0.05) is 36.4 Å². The third-order valence-electron chi connectivity index (χ3n) is 6.72. The van der Waals surface area contributed by atoms with Crippen LogP contribution in [0.5, 0.6) is 0 Å². The predicted molar refractivity (Wildman–Crippen MR) is 145 cm³/mol. The van der Waals surface area contributed by atoms with Crippen LogP contribution in [0.25, 0.3) is 17.2 Å². The molecule has 2 heterocycles. The molecule has 1 saturated carbocycles. The van der Waals surface area contributed by atoms with Crippen molar-refractivity contribution in [1.82, 2.24) is 20.6 Å². The van der Waals surface area contributed by atoms with Crippen LogP contribution >= 0.6 is 11.8 Å². The molecule has 11 heteroatoms. The minimum atomic E-state index is -4.41. The van der Waals surface area contributed by atoms with Crippen molar-refractivity contribution in [2.45, 2.75) is 50.5 Å². The maximum absolute atomic E-state index is 13.5. The van der Waals surface area contributed by atoms with Gasteiger partial charge in [0.15, 0.2) is 0 Å². The largest absolute Gasteiger partial charge is 0.417 e. The standard InChI is InChI=1S/C28H26F3N5O2S/c29-28(30,31)23-7-2-1-6-22(23)18-5-3-4-17(14-18)16-33-19-8-10-20(11-9-19)34-26-32-13-12-21(35-26)15-24-25(37)36-27(38)39-24/h1-7,12-15,19-20,33H,8-11,16H2,(H,32,34,35)(H,36,37,38)/t19-,20-. The zero-order valence-electron chi connectivity index (χ0n) is 20.8. The molecular formula is C28H26F3N5O2S. The number of hydrogen-bond donors (Lipinski definition) is 3. The third-order valence-corrected chi connectivity index (χ3v) is 7.53. The first kappa shape index (κ1) is 26.9. The van der Waals surface area contributed by atoms with Crippen molar-refractivity contribution in [3.8, 4) is 11.1 Å². The van der Waals surface area contributed by atoms with Crippen LogP contribution in [-0.4, -0.2) is 33.2 Å². The maximum atomic E-state index is 13.5. The van der Waals surface area contributed by atoms with Gasteiger partial charge in [-0.25, -0.2) is 9.97 Å². The molecule has 5 rings (SSSR count). The number of alkyl halides is 3. The van der Waals surface area contributed by atoms with Crippen molar-refractivity contribution in [3.05, 3.63) is 82.5 Å². The number of amides is 2. The molecule has 2 aliphatic rings. The van der Waals surface area contributed by atoms with Crippen LogP contribution in [-0.2, 0) is 17.5 Å². The lowest BCUT2D eigenvalue weighted by atomic mass is 9.91. The van der Waals surface area contributed by atoms with E-state index in [-0.39, 0.29) is 11.6 Å². The lowest BCUT2D eigenvalue weighted by molar-refractivity contribution is -0.137. The van der Waals surface area contributed by atoms with E-state index in [1.54, 1.807) is 36.5 Å². The van der Waals surface area contributed by atoms with Gasteiger partial charge in [0.2, 0.25) is 5.95 Å². The van der Waals surface area contributed by atoms with E-state index < -0.39 is 22.9 Å². The zero-order chi connectivity index (χ0) is 27.4. The molecule has 3 N–H and O–H groups in total. The Kier molecular flexibility index (Phi) is 7.99. The molecule has 0 spiro atoms. The van der Waals surface area contributed by atoms with Crippen LogP contribution in [0.4, 0.5) is 23.9 Å². The summed E-state index contributed by atoms with van der Waals surface area (Å²) in [4.78, 5) is 32.2. The van der Waals surface area contributed by atoms with Crippen LogP contribution < -0.4 is 16.0 Å². The van der Waals surface area contributed by atoms with E-state index in [9.17, 15) is 22.8 Å². The Labute approximate surface area is 227 Å². The Morgan fingerprint density at radius 3 is 2.51 bits per heavy atom. The maximum Gasteiger partial charge on any atom is 0.417 e. The van der Waals surface area contributed by atoms with Crippen molar-refractivity contribution in [3.63, 3.8) is 0 Å². The molecule has 0 atom stereocenters. The highest BCUT2D eigenvalue weighted by Gasteiger charge is 2.33. The second-order valence-electron chi connectivity index (χ2n) is 9.47. The second kappa shape index (κ2) is 11.6. The van der Waals surface area contributed by atoms with Gasteiger partial charge in [0.05, 0.1) is 16.2 Å². The van der Waals surface area contributed by atoms with E-state index in [2.05, 4.69) is 25.9 Å². The third kappa shape index (κ3) is 6.85. The molecule has 7 nitrogen and oxygen atoms in total. The van der Waals surface area contributed by atoms with E-state index in [1.165, 1.54) is 12.1 Å². The number of anilines is 1. The number of aromatic nitrogens is 2. The van der Waals surface area contributed by atoms with Gasteiger partial charge in [0, 0.05) is 24.8 Å². The first-order chi connectivity index (χ1) is 18.7. The van der Waals surface area contributed by atoms with Gasteiger partial charge in [0.25, 0.3) is 11.1 Å². The topological polar surface area (TPSA) is 96.0 Å². The molecule has 1 aromatic heterocycles. The average Bonchev–Trinajstić information content (AvgIpc) is 3.24. The summed E-state index contributed by atoms with van der Waals surface area (Å²) < 4.78 is 40.4. The SMILES string of the molecule is O=C1NC(=O)C(=Cc2ccnc(N[C@H]3CC[C@H](NCc4cccc(-c5ccccc5C(F)(F)F)c4)CC3)n2)S1. The van der Waals surface area contributed by atoms with Crippen molar-refractivity contribution in [2.75, 3.05) is 5.32 Å². The summed E-state index contributed by atoms with van der Waals surface area (Å²) >= 11 is 0.843. The van der Waals surface area contributed by atoms with E-state index in [4.69, 9.17) is 0 Å². The van der Waals surface area contributed by atoms with Gasteiger partial charge in [-0.2, -0.15) is 13.2 Å². The van der Waals surface area contributed by atoms with E-state index in [1.807, 2.05) is 12.1 Å². The summed E-state index contributed by atoms with van der Waals surface area (Å²) in [6.07, 6.45) is 2.42. The minimum Gasteiger partial charge on any atom is -0.351 e. The van der Waals surface area contributed by atoms with Crippen LogP contribution in [0.2, 0.25) is 0 Å². The average molecular weight is 554 g/mol. The molecule has 0 unspecified atom stereocenters. The molecule has 202 valence electrons. The van der Waals surface area contributed by atoms with Crippen LogP contribution in [0.1, 0.15) is 42.5 Å². The second-order valence-corrected chi connectivity index (χ2v) is 10.5. The molecule has 39 heavy (non-hydrogen) atoms. The highest BCUT2D eigenvalue weighted by atomic mass is 32.2. The van der Waals surface area contributed by atoms with Gasteiger partial charge < -0.3 is 10.6 Å². The van der Waals surface area contributed by atoms with Crippen LogP contribution in [0.3, 0.4) is 0 Å². The van der Waals surface area contributed by atoms with Crippen LogP contribution in [0.15, 0.2) is 65.7 Å². The summed E-state index contributed by atoms with van der Waals surface area (Å²) in [6.45, 7) is 0.568. The van der Waals surface area contributed by atoms with Crippen molar-refractivity contribution < 1.29 is 22.8 Å². The van der Waals surface area contributed by atoms with Crippen molar-refractivity contribution in [1.29, 1.82) is 0 Å². The van der Waals surface area contributed by atoms with Gasteiger partial charge in [0.1, 0.15) is 0 Å². The fourth-order valence-electron chi connectivity index (χ4n) is 4.80. The molecule has 0 bridgehead atoms.